The molecule has 162 valence electrons. The number of aromatic amines is 1. The number of carbonyl (C=O) groups excluding carboxylic acids is 2. The fourth-order valence-electron chi connectivity index (χ4n) is 5.44. The second kappa shape index (κ2) is 7.03. The molecule has 3 aliphatic rings. The lowest BCUT2D eigenvalue weighted by Crippen LogP contribution is -2.41. The standard InChI is InChI=1S/C25H22FN3O3/c26-17-6-2-4-8-19(17)28-23(30)21-20-9-11-25(32-20)14-29(24(31)22(21)25)12-10-15-13-27-18-7-3-1-5-16(15)18/h1-9,11,13,20-22,27H,10,12,14H2,(H,28,30)/t20-,21?,22+,25-/m1/s1. The van der Waals surface area contributed by atoms with E-state index in [0.717, 1.165) is 16.5 Å². The first-order valence-corrected chi connectivity index (χ1v) is 10.8. The van der Waals surface area contributed by atoms with Crippen LogP contribution in [0.1, 0.15) is 5.56 Å². The van der Waals surface area contributed by atoms with Crippen molar-refractivity contribution in [2.24, 2.45) is 11.8 Å². The first kappa shape index (κ1) is 19.3. The average Bonchev–Trinajstić information content (AvgIpc) is 3.54. The number of anilines is 1. The van der Waals surface area contributed by atoms with Gasteiger partial charge in [0.2, 0.25) is 11.8 Å². The molecule has 2 fully saturated rings. The van der Waals surface area contributed by atoms with Gasteiger partial charge in [-0.3, -0.25) is 9.59 Å². The van der Waals surface area contributed by atoms with Crippen LogP contribution in [-0.4, -0.2) is 46.5 Å². The minimum absolute atomic E-state index is 0.0784. The number of nitrogens with zero attached hydrogens (tertiary/aromatic N) is 1. The van der Waals surface area contributed by atoms with Gasteiger partial charge in [0.25, 0.3) is 0 Å². The number of hydrogen-bond donors (Lipinski definition) is 2. The highest BCUT2D eigenvalue weighted by Gasteiger charge is 2.66. The number of H-pyrrole nitrogens is 1. The van der Waals surface area contributed by atoms with Crippen molar-refractivity contribution in [2.75, 3.05) is 18.4 Å². The van der Waals surface area contributed by atoms with Crippen LogP contribution in [0.25, 0.3) is 10.9 Å². The number of nitrogens with one attached hydrogen (secondary N) is 2. The molecule has 4 atom stereocenters. The Morgan fingerprint density at radius 3 is 2.91 bits per heavy atom. The first-order chi connectivity index (χ1) is 15.6. The Kier molecular flexibility index (Phi) is 4.23. The molecule has 3 aromatic rings. The van der Waals surface area contributed by atoms with Crippen molar-refractivity contribution in [2.45, 2.75) is 18.1 Å². The van der Waals surface area contributed by atoms with Gasteiger partial charge in [0, 0.05) is 23.6 Å². The number of amides is 2. The highest BCUT2D eigenvalue weighted by Crippen LogP contribution is 2.52. The molecule has 2 amide bonds. The Bertz CT molecular complexity index is 1270. The summed E-state index contributed by atoms with van der Waals surface area (Å²) in [4.78, 5) is 31.5. The summed E-state index contributed by atoms with van der Waals surface area (Å²) >= 11 is 0. The summed E-state index contributed by atoms with van der Waals surface area (Å²) in [6.45, 7) is 0.970. The van der Waals surface area contributed by atoms with Gasteiger partial charge in [-0.25, -0.2) is 4.39 Å². The predicted octanol–water partition coefficient (Wildman–Crippen LogP) is 3.27. The third-order valence-electron chi connectivity index (χ3n) is 6.94. The highest BCUT2D eigenvalue weighted by molar-refractivity contribution is 5.99. The van der Waals surface area contributed by atoms with E-state index in [1.165, 1.54) is 12.1 Å². The molecular formula is C25H22FN3O3. The first-order valence-electron chi connectivity index (χ1n) is 10.8. The Balaban J connectivity index is 1.21. The van der Waals surface area contributed by atoms with Crippen LogP contribution in [0, 0.1) is 17.7 Å². The summed E-state index contributed by atoms with van der Waals surface area (Å²) in [5, 5.41) is 3.80. The van der Waals surface area contributed by atoms with Gasteiger partial charge in [-0.1, -0.05) is 42.5 Å². The van der Waals surface area contributed by atoms with Gasteiger partial charge in [-0.2, -0.15) is 0 Å². The smallest absolute Gasteiger partial charge is 0.231 e. The minimum Gasteiger partial charge on any atom is -0.361 e. The summed E-state index contributed by atoms with van der Waals surface area (Å²) in [7, 11) is 0. The van der Waals surface area contributed by atoms with Gasteiger partial charge in [-0.05, 0) is 30.2 Å². The maximum atomic E-state index is 14.0. The fraction of sp³-hybridized carbons (Fsp3) is 0.280. The van der Waals surface area contributed by atoms with Gasteiger partial charge in [-0.15, -0.1) is 0 Å². The number of likely N-dealkylation sites (tertiary alicyclic amines) is 1. The normalized spacial score (nSPS) is 28.0. The molecule has 4 heterocycles. The Labute approximate surface area is 184 Å². The molecule has 32 heavy (non-hydrogen) atoms. The van der Waals surface area contributed by atoms with Crippen molar-refractivity contribution in [3.05, 3.63) is 78.3 Å². The zero-order valence-corrected chi connectivity index (χ0v) is 17.3. The SMILES string of the molecule is O=C(Nc1ccccc1F)C1[C@H]2C(=O)N(CCc3c[nH]c4ccccc34)C[C@]23C=C[C@H]1O3. The molecule has 1 aromatic heterocycles. The largest absolute Gasteiger partial charge is 0.361 e. The van der Waals surface area contributed by atoms with Crippen molar-refractivity contribution in [1.29, 1.82) is 0 Å². The molecule has 7 heteroatoms. The minimum atomic E-state index is -0.779. The van der Waals surface area contributed by atoms with Crippen LogP contribution in [-0.2, 0) is 20.7 Å². The van der Waals surface area contributed by atoms with Crippen LogP contribution in [0.5, 0.6) is 0 Å². The molecule has 2 saturated heterocycles. The van der Waals surface area contributed by atoms with Gasteiger partial charge < -0.3 is 19.9 Å². The molecule has 2 bridgehead atoms. The Morgan fingerprint density at radius 2 is 2.03 bits per heavy atom. The van der Waals surface area contributed by atoms with E-state index < -0.39 is 29.4 Å². The summed E-state index contributed by atoms with van der Waals surface area (Å²) in [6, 6.07) is 14.1. The zero-order valence-electron chi connectivity index (χ0n) is 17.3. The van der Waals surface area contributed by atoms with Crippen molar-refractivity contribution >= 4 is 28.4 Å². The average molecular weight is 431 g/mol. The number of para-hydroxylation sites is 2. The number of ether oxygens (including phenoxy) is 1. The van der Waals surface area contributed by atoms with Crippen molar-refractivity contribution < 1.29 is 18.7 Å². The van der Waals surface area contributed by atoms with E-state index in [1.807, 2.05) is 36.5 Å². The number of aromatic nitrogens is 1. The van der Waals surface area contributed by atoms with Crippen LogP contribution in [0.3, 0.4) is 0 Å². The number of halogens is 1. The highest BCUT2D eigenvalue weighted by atomic mass is 19.1. The van der Waals surface area contributed by atoms with Crippen LogP contribution >= 0.6 is 0 Å². The van der Waals surface area contributed by atoms with Gasteiger partial charge >= 0.3 is 0 Å². The topological polar surface area (TPSA) is 74.4 Å². The third kappa shape index (κ3) is 2.81. The molecule has 1 spiro atoms. The molecule has 0 aliphatic carbocycles. The maximum Gasteiger partial charge on any atom is 0.231 e. The summed E-state index contributed by atoms with van der Waals surface area (Å²) in [5.74, 6) is -2.24. The third-order valence-corrected chi connectivity index (χ3v) is 6.94. The molecule has 6 rings (SSSR count). The van der Waals surface area contributed by atoms with Crippen molar-refractivity contribution in [3.8, 4) is 0 Å². The number of fused-ring (bicyclic) bond motifs is 2. The van der Waals surface area contributed by atoms with Gasteiger partial charge in [0.1, 0.15) is 11.4 Å². The van der Waals surface area contributed by atoms with Gasteiger partial charge in [0.15, 0.2) is 0 Å². The number of hydrogen-bond acceptors (Lipinski definition) is 3. The van der Waals surface area contributed by atoms with E-state index >= 15 is 0 Å². The molecule has 6 nitrogen and oxygen atoms in total. The summed E-state index contributed by atoms with van der Waals surface area (Å²) in [6.07, 6.45) is 6.01. The van der Waals surface area contributed by atoms with Gasteiger partial charge in [0.05, 0.1) is 30.2 Å². The number of benzene rings is 2. The zero-order chi connectivity index (χ0) is 21.9. The van der Waals surface area contributed by atoms with E-state index in [0.29, 0.717) is 19.5 Å². The van der Waals surface area contributed by atoms with E-state index in [4.69, 9.17) is 4.74 Å². The lowest BCUT2D eigenvalue weighted by atomic mass is 9.77. The van der Waals surface area contributed by atoms with E-state index in [9.17, 15) is 14.0 Å². The van der Waals surface area contributed by atoms with Crippen LogP contribution in [0.2, 0.25) is 0 Å². The molecular weight excluding hydrogens is 409 g/mol. The molecule has 3 aliphatic heterocycles. The van der Waals surface area contributed by atoms with Crippen LogP contribution < -0.4 is 5.32 Å². The molecule has 2 aromatic carbocycles. The van der Waals surface area contributed by atoms with Crippen LogP contribution in [0.4, 0.5) is 10.1 Å². The maximum absolute atomic E-state index is 14.0. The molecule has 1 unspecified atom stereocenters. The lowest BCUT2D eigenvalue weighted by molar-refractivity contribution is -0.135. The molecule has 0 radical (unpaired) electrons. The summed E-state index contributed by atoms with van der Waals surface area (Å²) < 4.78 is 20.2. The fourth-order valence-corrected chi connectivity index (χ4v) is 5.44. The van der Waals surface area contributed by atoms with Crippen LogP contribution in [0.15, 0.2) is 66.9 Å². The quantitative estimate of drug-likeness (QED) is 0.609. The number of carbonyl (C=O) groups is 2. The predicted molar refractivity (Wildman–Crippen MR) is 117 cm³/mol. The van der Waals surface area contributed by atoms with E-state index in [2.05, 4.69) is 16.4 Å². The summed E-state index contributed by atoms with van der Waals surface area (Å²) in [5.41, 5.74) is 1.55. The van der Waals surface area contributed by atoms with Crippen molar-refractivity contribution in [1.82, 2.24) is 9.88 Å². The van der Waals surface area contributed by atoms with E-state index in [-0.39, 0.29) is 17.5 Å². The second-order valence-electron chi connectivity index (χ2n) is 8.74. The lowest BCUT2D eigenvalue weighted by Gasteiger charge is -2.23. The van der Waals surface area contributed by atoms with E-state index in [1.54, 1.807) is 17.0 Å². The second-order valence-corrected chi connectivity index (χ2v) is 8.74. The monoisotopic (exact) mass is 431 g/mol. The molecule has 2 N–H and O–H groups in total. The number of rotatable bonds is 5. The Hall–Kier alpha value is -3.45. The Morgan fingerprint density at radius 1 is 1.22 bits per heavy atom. The molecule has 0 saturated carbocycles. The van der Waals surface area contributed by atoms with Crippen molar-refractivity contribution in [3.63, 3.8) is 0 Å².